The standard InChI is InChI=1S/C11H20NSi2.C5H6N.Fe/c1-13(2)9-10-14(3,4)12(13)11-7-5-6-8-11;6-5-3-1-2-4-5;/h5-8H,9-10H2,1-4H3;1-4H,6H2;/q2*-1;. The SMILES string of the molecule is C[Si]1(C)CC[Si](C)(C)N1[c-]1cccc1.N[c-]1cccc1.[Fe]. The molecule has 2 aromatic rings. The first kappa shape index (κ1) is 18.3. The van der Waals surface area contributed by atoms with Gasteiger partial charge in [0.05, 0.1) is 0 Å². The molecule has 5 heteroatoms. The normalized spacial score (nSPS) is 18.6. The summed E-state index contributed by atoms with van der Waals surface area (Å²) >= 11 is 0. The summed E-state index contributed by atoms with van der Waals surface area (Å²) in [6.45, 7) is 10.1. The summed E-state index contributed by atoms with van der Waals surface area (Å²) in [5.41, 5.74) is 7.62. The Hall–Kier alpha value is -0.747. The van der Waals surface area contributed by atoms with Crippen molar-refractivity contribution in [1.29, 1.82) is 0 Å². The molecular formula is C16H26FeN2Si2-2. The fraction of sp³-hybridized carbons (Fsp3) is 0.375. The molecule has 1 aliphatic heterocycles. The van der Waals surface area contributed by atoms with E-state index in [9.17, 15) is 0 Å². The molecule has 0 saturated carbocycles. The van der Waals surface area contributed by atoms with E-state index >= 15 is 0 Å². The number of nitrogen functional groups attached to an aromatic ring is 1. The van der Waals surface area contributed by atoms with E-state index in [4.69, 9.17) is 5.73 Å². The zero-order chi connectivity index (χ0) is 14.8. The van der Waals surface area contributed by atoms with Crippen LogP contribution in [0.15, 0.2) is 48.5 Å². The van der Waals surface area contributed by atoms with Crippen LogP contribution < -0.4 is 9.96 Å². The van der Waals surface area contributed by atoms with Crippen molar-refractivity contribution in [2.75, 3.05) is 9.96 Å². The van der Waals surface area contributed by atoms with Crippen molar-refractivity contribution in [1.82, 2.24) is 0 Å². The first-order chi connectivity index (χ1) is 9.33. The Kier molecular flexibility index (Phi) is 6.11. The van der Waals surface area contributed by atoms with Gasteiger partial charge in [0.2, 0.25) is 0 Å². The van der Waals surface area contributed by atoms with Crippen LogP contribution in [-0.2, 0) is 17.1 Å². The molecule has 2 aromatic carbocycles. The number of nitrogens with zero attached hydrogens (tertiary/aromatic N) is 1. The van der Waals surface area contributed by atoms with Gasteiger partial charge in [0, 0.05) is 17.1 Å². The van der Waals surface area contributed by atoms with Crippen LogP contribution in [0.4, 0.5) is 11.4 Å². The predicted octanol–water partition coefficient (Wildman–Crippen LogP) is 4.62. The van der Waals surface area contributed by atoms with Gasteiger partial charge in [-0.25, -0.2) is 24.3 Å². The molecule has 21 heavy (non-hydrogen) atoms. The van der Waals surface area contributed by atoms with Gasteiger partial charge in [-0.05, 0) is 12.1 Å². The van der Waals surface area contributed by atoms with Crippen molar-refractivity contribution in [2.45, 2.75) is 38.3 Å². The number of hydrogen-bond donors (Lipinski definition) is 1. The van der Waals surface area contributed by atoms with Crippen molar-refractivity contribution in [3.63, 3.8) is 0 Å². The van der Waals surface area contributed by atoms with E-state index in [1.807, 2.05) is 24.3 Å². The van der Waals surface area contributed by atoms with E-state index in [0.717, 1.165) is 5.69 Å². The minimum atomic E-state index is -1.11. The Morgan fingerprint density at radius 1 is 0.810 bits per heavy atom. The molecule has 1 heterocycles. The quantitative estimate of drug-likeness (QED) is 0.595. The second kappa shape index (κ2) is 7.01. The minimum Gasteiger partial charge on any atom is -0.479 e. The third-order valence-electron chi connectivity index (χ3n) is 4.15. The molecule has 1 fully saturated rings. The first-order valence-corrected chi connectivity index (χ1v) is 13.6. The third-order valence-corrected chi connectivity index (χ3v) is 14.2. The molecule has 2 N–H and O–H groups in total. The number of anilines is 2. The van der Waals surface area contributed by atoms with Crippen LogP contribution in [0.2, 0.25) is 38.3 Å². The van der Waals surface area contributed by atoms with Crippen LogP contribution >= 0.6 is 0 Å². The monoisotopic (exact) mass is 358 g/mol. The van der Waals surface area contributed by atoms with Crippen LogP contribution in [0.1, 0.15) is 0 Å². The zero-order valence-corrected chi connectivity index (χ0v) is 16.5. The Balaban J connectivity index is 0.000000267. The fourth-order valence-corrected chi connectivity index (χ4v) is 17.5. The average Bonchev–Trinajstić information content (AvgIpc) is 3.03. The molecule has 0 aliphatic carbocycles. The topological polar surface area (TPSA) is 29.3 Å². The molecule has 2 nitrogen and oxygen atoms in total. The van der Waals surface area contributed by atoms with Gasteiger partial charge in [-0.1, -0.05) is 37.6 Å². The zero-order valence-electron chi connectivity index (χ0n) is 13.4. The van der Waals surface area contributed by atoms with Crippen molar-refractivity contribution in [2.24, 2.45) is 0 Å². The maximum absolute atomic E-state index is 5.28. The summed E-state index contributed by atoms with van der Waals surface area (Å²) < 4.78 is 2.85. The molecule has 118 valence electrons. The summed E-state index contributed by atoms with van der Waals surface area (Å²) in [5.74, 6) is 0. The number of rotatable bonds is 1. The summed E-state index contributed by atoms with van der Waals surface area (Å²) in [7, 11) is -2.23. The average molecular weight is 358 g/mol. The molecule has 0 spiro atoms. The summed E-state index contributed by atoms with van der Waals surface area (Å²) in [4.78, 5) is 0. The van der Waals surface area contributed by atoms with Crippen molar-refractivity contribution in [3.05, 3.63) is 48.5 Å². The summed E-state index contributed by atoms with van der Waals surface area (Å²) in [6, 6.07) is 19.4. The van der Waals surface area contributed by atoms with Gasteiger partial charge in [-0.3, -0.25) is 0 Å². The van der Waals surface area contributed by atoms with Gasteiger partial charge in [0.15, 0.2) is 0 Å². The Labute approximate surface area is 141 Å². The molecule has 1 aliphatic rings. The molecule has 0 amide bonds. The molecular weight excluding hydrogens is 332 g/mol. The first-order valence-electron chi connectivity index (χ1n) is 7.32. The van der Waals surface area contributed by atoms with Gasteiger partial charge in [-0.15, -0.1) is 0 Å². The maximum Gasteiger partial charge on any atom is 0.130 e. The predicted molar refractivity (Wildman–Crippen MR) is 95.5 cm³/mol. The Bertz CT molecular complexity index is 502. The van der Waals surface area contributed by atoms with Crippen LogP contribution in [0.3, 0.4) is 0 Å². The van der Waals surface area contributed by atoms with E-state index < -0.39 is 16.5 Å². The van der Waals surface area contributed by atoms with E-state index in [0.29, 0.717) is 0 Å². The third kappa shape index (κ3) is 4.36. The van der Waals surface area contributed by atoms with Crippen LogP contribution in [-0.4, -0.2) is 16.5 Å². The molecule has 0 bridgehead atoms. The van der Waals surface area contributed by atoms with Crippen molar-refractivity contribution >= 4 is 27.8 Å². The van der Waals surface area contributed by atoms with E-state index in [1.165, 1.54) is 17.8 Å². The Morgan fingerprint density at radius 3 is 1.52 bits per heavy atom. The fourth-order valence-electron chi connectivity index (χ4n) is 3.26. The van der Waals surface area contributed by atoms with E-state index in [-0.39, 0.29) is 17.1 Å². The van der Waals surface area contributed by atoms with E-state index in [1.54, 1.807) is 0 Å². The van der Waals surface area contributed by atoms with Gasteiger partial charge >= 0.3 is 0 Å². The second-order valence-corrected chi connectivity index (χ2v) is 16.4. The van der Waals surface area contributed by atoms with Crippen LogP contribution in [0.25, 0.3) is 0 Å². The maximum atomic E-state index is 5.28. The molecule has 0 radical (unpaired) electrons. The minimum absolute atomic E-state index is 0. The van der Waals surface area contributed by atoms with E-state index in [2.05, 4.69) is 54.7 Å². The second-order valence-electron chi connectivity index (χ2n) is 6.82. The molecule has 0 unspecified atom stereocenters. The molecule has 3 rings (SSSR count). The molecule has 0 aromatic heterocycles. The smallest absolute Gasteiger partial charge is 0.130 e. The largest absolute Gasteiger partial charge is 0.479 e. The van der Waals surface area contributed by atoms with Crippen molar-refractivity contribution in [3.8, 4) is 0 Å². The van der Waals surface area contributed by atoms with Crippen molar-refractivity contribution < 1.29 is 17.1 Å². The van der Waals surface area contributed by atoms with Gasteiger partial charge in [-0.2, -0.15) is 24.3 Å². The van der Waals surface area contributed by atoms with Gasteiger partial charge in [0.25, 0.3) is 0 Å². The summed E-state index contributed by atoms with van der Waals surface area (Å²) in [5, 5.41) is 0. The number of nitrogens with two attached hydrogens (primary N) is 1. The van der Waals surface area contributed by atoms with Gasteiger partial charge in [0.1, 0.15) is 16.5 Å². The molecule has 1 saturated heterocycles. The van der Waals surface area contributed by atoms with Gasteiger partial charge < -0.3 is 9.96 Å². The van der Waals surface area contributed by atoms with Crippen LogP contribution in [0, 0.1) is 0 Å². The number of hydrogen-bond acceptors (Lipinski definition) is 2. The Morgan fingerprint density at radius 2 is 1.19 bits per heavy atom. The van der Waals surface area contributed by atoms with Crippen LogP contribution in [0.5, 0.6) is 0 Å². The molecule has 0 atom stereocenters. The summed E-state index contributed by atoms with van der Waals surface area (Å²) in [6.07, 6.45) is 0.